The average Bonchev–Trinajstić information content (AvgIpc) is 3.16. The standard InChI is InChI=1S/C26H23NO6/c1-32-25(30)23(14-16-10-12-17(13-11-16)24(28)29)27-26(31)33-15-22-20-8-4-2-6-18(20)19-7-3-5-9-21(19)22/h2-13,22-23H,14-15H2,1H3,(H,27,31)(H,28,29). The molecule has 3 aromatic carbocycles. The van der Waals surface area contributed by atoms with Crippen LogP contribution in [0.25, 0.3) is 11.1 Å². The minimum Gasteiger partial charge on any atom is -0.478 e. The molecule has 168 valence electrons. The number of esters is 1. The summed E-state index contributed by atoms with van der Waals surface area (Å²) in [6.45, 7) is 0.126. The SMILES string of the molecule is COC(=O)C(Cc1ccc(C(=O)O)cc1)NC(=O)OCC1c2ccccc2-c2ccccc21. The summed E-state index contributed by atoms with van der Waals surface area (Å²) < 4.78 is 10.3. The van der Waals surface area contributed by atoms with E-state index < -0.39 is 24.1 Å². The molecule has 0 saturated carbocycles. The van der Waals surface area contributed by atoms with Gasteiger partial charge in [0.1, 0.15) is 12.6 Å². The van der Waals surface area contributed by atoms with Gasteiger partial charge in [0.15, 0.2) is 0 Å². The largest absolute Gasteiger partial charge is 0.478 e. The molecule has 1 unspecified atom stereocenters. The van der Waals surface area contributed by atoms with Crippen LogP contribution in [0.15, 0.2) is 72.8 Å². The van der Waals surface area contributed by atoms with Crippen molar-refractivity contribution in [3.05, 3.63) is 95.1 Å². The Bertz CT molecular complexity index is 1140. The number of carbonyl (C=O) groups excluding carboxylic acids is 2. The highest BCUT2D eigenvalue weighted by molar-refractivity contribution is 5.87. The van der Waals surface area contributed by atoms with Crippen molar-refractivity contribution >= 4 is 18.0 Å². The van der Waals surface area contributed by atoms with Crippen molar-refractivity contribution in [3.8, 4) is 11.1 Å². The molecule has 0 bridgehead atoms. The molecule has 0 saturated heterocycles. The lowest BCUT2D eigenvalue weighted by Gasteiger charge is -2.18. The van der Waals surface area contributed by atoms with Crippen LogP contribution in [0.3, 0.4) is 0 Å². The Labute approximate surface area is 191 Å². The fourth-order valence-corrected chi connectivity index (χ4v) is 4.14. The molecule has 0 aliphatic heterocycles. The van der Waals surface area contributed by atoms with Gasteiger partial charge in [-0.1, -0.05) is 60.7 Å². The molecule has 0 spiro atoms. The fourth-order valence-electron chi connectivity index (χ4n) is 4.14. The number of benzene rings is 3. The van der Waals surface area contributed by atoms with Crippen molar-refractivity contribution in [1.82, 2.24) is 5.32 Å². The Morgan fingerprint density at radius 2 is 1.48 bits per heavy atom. The molecule has 2 N–H and O–H groups in total. The van der Waals surface area contributed by atoms with E-state index in [-0.39, 0.29) is 24.5 Å². The number of rotatable bonds is 7. The Morgan fingerprint density at radius 3 is 2.03 bits per heavy atom. The third kappa shape index (κ3) is 4.72. The number of amides is 1. The van der Waals surface area contributed by atoms with Crippen LogP contribution >= 0.6 is 0 Å². The first-order valence-electron chi connectivity index (χ1n) is 10.5. The van der Waals surface area contributed by atoms with Gasteiger partial charge >= 0.3 is 18.0 Å². The number of carboxylic acid groups (broad SMARTS) is 1. The van der Waals surface area contributed by atoms with Crippen molar-refractivity contribution in [2.75, 3.05) is 13.7 Å². The zero-order valence-corrected chi connectivity index (χ0v) is 18.0. The zero-order valence-electron chi connectivity index (χ0n) is 18.0. The fraction of sp³-hybridized carbons (Fsp3) is 0.192. The highest BCUT2D eigenvalue weighted by Crippen LogP contribution is 2.44. The molecule has 1 amide bonds. The maximum absolute atomic E-state index is 12.6. The number of hydrogen-bond donors (Lipinski definition) is 2. The molecule has 4 rings (SSSR count). The van der Waals surface area contributed by atoms with Crippen molar-refractivity contribution in [2.45, 2.75) is 18.4 Å². The first kappa shape index (κ1) is 22.1. The molecule has 1 aliphatic carbocycles. The minimum absolute atomic E-state index is 0.0942. The monoisotopic (exact) mass is 445 g/mol. The van der Waals surface area contributed by atoms with Crippen molar-refractivity contribution in [2.24, 2.45) is 0 Å². The summed E-state index contributed by atoms with van der Waals surface area (Å²) in [6.07, 6.45) is -0.592. The third-order valence-corrected chi connectivity index (χ3v) is 5.76. The molecule has 0 radical (unpaired) electrons. The topological polar surface area (TPSA) is 102 Å². The highest BCUT2D eigenvalue weighted by atomic mass is 16.6. The van der Waals surface area contributed by atoms with Crippen molar-refractivity contribution in [1.29, 1.82) is 0 Å². The second-order valence-electron chi connectivity index (χ2n) is 7.75. The molecule has 1 aliphatic rings. The number of fused-ring (bicyclic) bond motifs is 3. The predicted octanol–water partition coefficient (Wildman–Crippen LogP) is 4.01. The first-order valence-corrected chi connectivity index (χ1v) is 10.5. The zero-order chi connectivity index (χ0) is 23.4. The molecular formula is C26H23NO6. The van der Waals surface area contributed by atoms with Crippen LogP contribution in [0.4, 0.5) is 4.79 Å². The third-order valence-electron chi connectivity index (χ3n) is 5.76. The maximum Gasteiger partial charge on any atom is 0.407 e. The lowest BCUT2D eigenvalue weighted by Crippen LogP contribution is -2.43. The van der Waals surface area contributed by atoms with E-state index in [4.69, 9.17) is 14.6 Å². The first-order chi connectivity index (χ1) is 16.0. The van der Waals surface area contributed by atoms with E-state index >= 15 is 0 Å². The van der Waals surface area contributed by atoms with Gasteiger partial charge in [0.25, 0.3) is 0 Å². The van der Waals surface area contributed by atoms with E-state index in [1.807, 2.05) is 36.4 Å². The summed E-state index contributed by atoms with van der Waals surface area (Å²) >= 11 is 0. The average molecular weight is 445 g/mol. The van der Waals surface area contributed by atoms with Crippen LogP contribution in [-0.2, 0) is 20.7 Å². The lowest BCUT2D eigenvalue weighted by atomic mass is 9.98. The van der Waals surface area contributed by atoms with E-state index in [0.29, 0.717) is 5.56 Å². The van der Waals surface area contributed by atoms with Crippen LogP contribution in [0, 0.1) is 0 Å². The van der Waals surface area contributed by atoms with Gasteiger partial charge in [0.05, 0.1) is 12.7 Å². The Morgan fingerprint density at radius 1 is 0.909 bits per heavy atom. The Balaban J connectivity index is 1.43. The molecule has 0 heterocycles. The van der Waals surface area contributed by atoms with Gasteiger partial charge in [0, 0.05) is 12.3 Å². The maximum atomic E-state index is 12.6. The Hall–Kier alpha value is -4.13. The van der Waals surface area contributed by atoms with Gasteiger partial charge in [-0.25, -0.2) is 14.4 Å². The van der Waals surface area contributed by atoms with Crippen LogP contribution < -0.4 is 5.32 Å². The molecule has 7 heteroatoms. The molecule has 1 atom stereocenters. The minimum atomic E-state index is -1.04. The van der Waals surface area contributed by atoms with Crippen LogP contribution in [0.5, 0.6) is 0 Å². The number of alkyl carbamates (subject to hydrolysis) is 1. The summed E-state index contributed by atoms with van der Waals surface area (Å²) in [4.78, 5) is 35.8. The second kappa shape index (κ2) is 9.56. The van der Waals surface area contributed by atoms with Crippen molar-refractivity contribution < 1.29 is 29.0 Å². The van der Waals surface area contributed by atoms with Crippen molar-refractivity contribution in [3.63, 3.8) is 0 Å². The molecule has 0 fully saturated rings. The number of carbonyl (C=O) groups is 3. The van der Waals surface area contributed by atoms with E-state index in [1.165, 1.54) is 19.2 Å². The number of hydrogen-bond acceptors (Lipinski definition) is 5. The second-order valence-corrected chi connectivity index (χ2v) is 7.75. The number of aromatic carboxylic acids is 1. The summed E-state index contributed by atoms with van der Waals surface area (Å²) in [6, 6.07) is 21.1. The number of carboxylic acids is 1. The molecular weight excluding hydrogens is 422 g/mol. The summed E-state index contributed by atoms with van der Waals surface area (Å²) in [7, 11) is 1.24. The van der Waals surface area contributed by atoms with Crippen LogP contribution in [0.2, 0.25) is 0 Å². The molecule has 33 heavy (non-hydrogen) atoms. The van der Waals surface area contributed by atoms with Gasteiger partial charge in [-0.15, -0.1) is 0 Å². The number of ether oxygens (including phenoxy) is 2. The van der Waals surface area contributed by atoms with Gasteiger partial charge in [-0.05, 0) is 39.9 Å². The molecule has 0 aromatic heterocycles. The van der Waals surface area contributed by atoms with Gasteiger partial charge in [-0.2, -0.15) is 0 Å². The summed E-state index contributed by atoms with van der Waals surface area (Å²) in [5.74, 6) is -1.75. The smallest absolute Gasteiger partial charge is 0.407 e. The van der Waals surface area contributed by atoms with Crippen LogP contribution in [-0.4, -0.2) is 42.9 Å². The van der Waals surface area contributed by atoms with E-state index in [1.54, 1.807) is 12.1 Å². The normalized spacial score (nSPS) is 12.9. The van der Waals surface area contributed by atoms with Gasteiger partial charge in [0.2, 0.25) is 0 Å². The van der Waals surface area contributed by atoms with E-state index in [9.17, 15) is 14.4 Å². The highest BCUT2D eigenvalue weighted by Gasteiger charge is 2.30. The molecule has 3 aromatic rings. The summed E-state index contributed by atoms with van der Waals surface area (Å²) in [5.41, 5.74) is 5.25. The van der Waals surface area contributed by atoms with Gasteiger partial charge < -0.3 is 19.9 Å². The molecule has 7 nitrogen and oxygen atoms in total. The van der Waals surface area contributed by atoms with Crippen LogP contribution in [0.1, 0.15) is 33.0 Å². The van der Waals surface area contributed by atoms with Gasteiger partial charge in [-0.3, -0.25) is 0 Å². The predicted molar refractivity (Wildman–Crippen MR) is 121 cm³/mol. The quantitative estimate of drug-likeness (QED) is 0.533. The number of methoxy groups -OCH3 is 1. The lowest BCUT2D eigenvalue weighted by molar-refractivity contribution is -0.143. The van der Waals surface area contributed by atoms with E-state index in [0.717, 1.165) is 22.3 Å². The summed E-state index contributed by atoms with van der Waals surface area (Å²) in [5, 5.41) is 11.6. The Kier molecular flexibility index (Phi) is 6.40. The van der Waals surface area contributed by atoms with E-state index in [2.05, 4.69) is 17.4 Å². The number of nitrogens with one attached hydrogen (secondary N) is 1.